The van der Waals surface area contributed by atoms with E-state index in [1.807, 2.05) is 18.1 Å². The molecule has 0 saturated heterocycles. The van der Waals surface area contributed by atoms with Crippen LogP contribution < -0.4 is 0 Å². The van der Waals surface area contributed by atoms with Gasteiger partial charge in [-0.2, -0.15) is 0 Å². The first kappa shape index (κ1) is 22.4. The summed E-state index contributed by atoms with van der Waals surface area (Å²) in [5.41, 5.74) is 3.76. The number of rotatable bonds is 9. The number of hydrogen-bond donors (Lipinski definition) is 0. The Kier molecular flexibility index (Phi) is 9.22. The number of hydrogen-bond acceptors (Lipinski definition) is 0. The van der Waals surface area contributed by atoms with Crippen LogP contribution in [0.15, 0.2) is 18.1 Å². The van der Waals surface area contributed by atoms with Crippen LogP contribution in [0.3, 0.4) is 0 Å². The van der Waals surface area contributed by atoms with Gasteiger partial charge in [0, 0.05) is 0 Å². The van der Waals surface area contributed by atoms with Crippen LogP contribution in [0.1, 0.15) is 87.0 Å². The Balaban J connectivity index is 3.36. The Hall–Kier alpha value is 0.344. The van der Waals surface area contributed by atoms with Crippen molar-refractivity contribution in [2.24, 2.45) is 11.8 Å². The molecule has 0 nitrogen and oxygen atoms in total. The Labute approximate surface area is 157 Å². The molecular weight excluding hydrogens is 394 g/mol. The minimum absolute atomic E-state index is 0.772. The zero-order chi connectivity index (χ0) is 18.5. The van der Waals surface area contributed by atoms with Crippen LogP contribution in [0.2, 0.25) is 16.2 Å². The van der Waals surface area contributed by atoms with E-state index in [1.54, 1.807) is 0 Å². The summed E-state index contributed by atoms with van der Waals surface area (Å²) in [6.45, 7) is 17.6. The third-order valence-corrected chi connectivity index (χ3v) is 18.1. The van der Waals surface area contributed by atoms with Gasteiger partial charge >= 0.3 is 158 Å². The van der Waals surface area contributed by atoms with Crippen LogP contribution in [0, 0.1) is 11.8 Å². The summed E-state index contributed by atoms with van der Waals surface area (Å²) in [6, 6.07) is 0. The van der Waals surface area contributed by atoms with Gasteiger partial charge in [0.25, 0.3) is 0 Å². The Bertz CT molecular complexity index is 428. The Morgan fingerprint density at radius 3 is 1.38 bits per heavy atom. The molecule has 0 N–H and O–H groups in total. The van der Waals surface area contributed by atoms with Crippen molar-refractivity contribution in [3.63, 3.8) is 0 Å². The Morgan fingerprint density at radius 2 is 1.12 bits per heavy atom. The maximum absolute atomic E-state index is 2.73. The van der Waals surface area contributed by atoms with Crippen LogP contribution in [-0.2, 0) is 0 Å². The van der Waals surface area contributed by atoms with Gasteiger partial charge in [-0.05, 0) is 0 Å². The molecule has 1 heterocycles. The first-order valence-electron chi connectivity index (χ1n) is 10.6. The molecule has 0 aromatic rings. The predicted molar refractivity (Wildman–Crippen MR) is 116 cm³/mol. The van der Waals surface area contributed by atoms with Gasteiger partial charge in [0.15, 0.2) is 0 Å². The van der Waals surface area contributed by atoms with Crippen molar-refractivity contribution >= 4 is 25.1 Å². The fourth-order valence-electron chi connectivity index (χ4n) is 4.84. The van der Waals surface area contributed by atoms with Crippen LogP contribution in [0.5, 0.6) is 0 Å². The van der Waals surface area contributed by atoms with Gasteiger partial charge < -0.3 is 0 Å². The first-order valence-corrected chi connectivity index (χ1v) is 19.2. The van der Waals surface area contributed by atoms with E-state index in [0.29, 0.717) is 0 Å². The second kappa shape index (κ2) is 9.88. The second-order valence-corrected chi connectivity index (χ2v) is 21.9. The molecule has 0 unspecified atom stereocenters. The van der Waals surface area contributed by atoms with Crippen LogP contribution in [0.4, 0.5) is 0 Å². The molecule has 0 atom stereocenters. The summed E-state index contributed by atoms with van der Waals surface area (Å²) < 4.78 is 4.01. The average molecular weight is 437 g/mol. The Morgan fingerprint density at radius 1 is 0.750 bits per heavy atom. The minimum atomic E-state index is -2.33. The SMILES string of the molecule is CCB1C(CC)=[C](CCC(C)C)[Sn]([CH3])([CH3])[C](CCC(C)C)=C1CC. The quantitative estimate of drug-likeness (QED) is 0.325. The normalized spacial score (nSPS) is 18.4. The standard InChI is InChI=1S/C20H37B.2CH3.Sn/c1-8-19(15-11-13-17(4)5)21(10-3)20(9-2)16-12-14-18(6)7;;;/h17-18H,8-14H2,1-7H3;2*1H3;. The molecule has 0 spiro atoms. The monoisotopic (exact) mass is 438 g/mol. The van der Waals surface area contributed by atoms with Crippen molar-refractivity contribution in [1.29, 1.82) is 0 Å². The van der Waals surface area contributed by atoms with Crippen LogP contribution in [0.25, 0.3) is 0 Å². The predicted octanol–water partition coefficient (Wildman–Crippen LogP) is 7.67. The summed E-state index contributed by atoms with van der Waals surface area (Å²) in [5, 5.41) is 0. The maximum atomic E-state index is 2.73. The fraction of sp³-hybridized carbons (Fsp3) is 0.818. The first-order chi connectivity index (χ1) is 11.2. The molecule has 0 fully saturated rings. The molecule has 2 heteroatoms. The summed E-state index contributed by atoms with van der Waals surface area (Å²) >= 11 is -2.33. The van der Waals surface area contributed by atoms with E-state index in [2.05, 4.69) is 58.3 Å². The van der Waals surface area contributed by atoms with Gasteiger partial charge in [-0.3, -0.25) is 0 Å². The summed E-state index contributed by atoms with van der Waals surface area (Å²) in [4.78, 5) is 5.47. The molecular formula is C22H43BSn. The molecule has 0 aromatic carbocycles. The molecule has 0 radical (unpaired) electrons. The van der Waals surface area contributed by atoms with E-state index >= 15 is 0 Å². The molecule has 138 valence electrons. The molecule has 1 aliphatic rings. The molecule has 0 bridgehead atoms. The van der Waals surface area contributed by atoms with Gasteiger partial charge in [-0.1, -0.05) is 0 Å². The van der Waals surface area contributed by atoms with Gasteiger partial charge in [0.2, 0.25) is 0 Å². The molecule has 1 aliphatic heterocycles. The van der Waals surface area contributed by atoms with Gasteiger partial charge in [0.05, 0.1) is 0 Å². The average Bonchev–Trinajstić information content (AvgIpc) is 2.50. The molecule has 0 saturated carbocycles. The van der Waals surface area contributed by atoms with Crippen molar-refractivity contribution in [2.45, 2.75) is 103 Å². The summed E-state index contributed by atoms with van der Waals surface area (Å²) in [6.07, 6.45) is 9.43. The molecule has 1 rings (SSSR count). The van der Waals surface area contributed by atoms with Gasteiger partial charge in [-0.25, -0.2) is 0 Å². The third kappa shape index (κ3) is 5.18. The van der Waals surface area contributed by atoms with Crippen LogP contribution in [-0.4, -0.2) is 25.1 Å². The van der Waals surface area contributed by atoms with Crippen molar-refractivity contribution in [3.05, 3.63) is 18.1 Å². The van der Waals surface area contributed by atoms with E-state index in [-0.39, 0.29) is 0 Å². The van der Waals surface area contributed by atoms with E-state index < -0.39 is 18.4 Å². The topological polar surface area (TPSA) is 0 Å². The fourth-order valence-corrected chi connectivity index (χ4v) is 16.9. The van der Waals surface area contributed by atoms with Gasteiger partial charge in [0.1, 0.15) is 0 Å². The van der Waals surface area contributed by atoms with E-state index in [0.717, 1.165) is 18.5 Å². The van der Waals surface area contributed by atoms with Crippen molar-refractivity contribution in [2.75, 3.05) is 0 Å². The van der Waals surface area contributed by atoms with Gasteiger partial charge in [-0.15, -0.1) is 0 Å². The molecule has 0 amide bonds. The summed E-state index contributed by atoms with van der Waals surface area (Å²) in [7, 11) is 0. The van der Waals surface area contributed by atoms with Crippen molar-refractivity contribution < 1.29 is 0 Å². The van der Waals surface area contributed by atoms with Crippen molar-refractivity contribution in [3.8, 4) is 0 Å². The number of allylic oxidation sites excluding steroid dienone is 4. The second-order valence-electron chi connectivity index (χ2n) is 9.17. The molecule has 0 aliphatic carbocycles. The summed E-state index contributed by atoms with van der Waals surface area (Å²) in [5.74, 6) is 1.65. The zero-order valence-corrected chi connectivity index (χ0v) is 21.0. The third-order valence-electron chi connectivity index (χ3n) is 6.24. The van der Waals surface area contributed by atoms with E-state index in [1.165, 1.54) is 44.8 Å². The molecule has 24 heavy (non-hydrogen) atoms. The van der Waals surface area contributed by atoms with E-state index in [9.17, 15) is 0 Å². The van der Waals surface area contributed by atoms with Crippen molar-refractivity contribution in [1.82, 2.24) is 0 Å². The van der Waals surface area contributed by atoms with E-state index in [4.69, 9.17) is 0 Å². The molecule has 0 aromatic heterocycles. The zero-order valence-electron chi connectivity index (χ0n) is 18.2. The van der Waals surface area contributed by atoms with Crippen LogP contribution >= 0.6 is 0 Å².